The lowest BCUT2D eigenvalue weighted by molar-refractivity contribution is -0.183. The van der Waals surface area contributed by atoms with Crippen molar-refractivity contribution in [3.8, 4) is 0 Å². The highest BCUT2D eigenvalue weighted by Crippen LogP contribution is 2.37. The molecular weight excluding hydrogens is 224 g/mol. The van der Waals surface area contributed by atoms with Crippen molar-refractivity contribution in [2.45, 2.75) is 51.0 Å². The number of aliphatic hydroxyl groups is 1. The van der Waals surface area contributed by atoms with E-state index in [1.54, 1.807) is 7.11 Å². The van der Waals surface area contributed by atoms with Crippen molar-refractivity contribution < 1.29 is 24.1 Å². The molecule has 1 aliphatic carbocycles. The van der Waals surface area contributed by atoms with Crippen LogP contribution in [-0.2, 0) is 18.9 Å². The monoisotopic (exact) mass is 244 g/mol. The fourth-order valence-corrected chi connectivity index (χ4v) is 2.33. The predicted molar refractivity (Wildman–Crippen MR) is 60.3 cm³/mol. The average Bonchev–Trinajstić information content (AvgIpc) is 2.53. The van der Waals surface area contributed by atoms with Crippen LogP contribution in [0.3, 0.4) is 0 Å². The number of fused-ring (bicyclic) bond motifs is 1. The molecule has 1 fully saturated rings. The molecule has 17 heavy (non-hydrogen) atoms. The molecule has 0 radical (unpaired) electrons. The van der Waals surface area contributed by atoms with E-state index in [1.165, 1.54) is 0 Å². The molecular formula is C12H20O5. The highest BCUT2D eigenvalue weighted by atomic mass is 16.8. The van der Waals surface area contributed by atoms with E-state index in [0.717, 1.165) is 5.57 Å². The minimum absolute atomic E-state index is 0.127. The summed E-state index contributed by atoms with van der Waals surface area (Å²) in [6.07, 6.45) is 0.307. The summed E-state index contributed by atoms with van der Waals surface area (Å²) in [5.74, 6) is -0.648. The van der Waals surface area contributed by atoms with Crippen molar-refractivity contribution in [2.75, 3.05) is 13.9 Å². The number of methoxy groups -OCH3 is 1. The SMILES string of the molecule is COCO[C@@H]1C(O)C(C)=C[C@@H]2OC(C)(C)O[C@@H]21. The van der Waals surface area contributed by atoms with Gasteiger partial charge < -0.3 is 24.1 Å². The van der Waals surface area contributed by atoms with Crippen molar-refractivity contribution in [1.82, 2.24) is 0 Å². The first-order valence-corrected chi connectivity index (χ1v) is 5.77. The van der Waals surface area contributed by atoms with E-state index < -0.39 is 18.0 Å². The number of hydrogen-bond donors (Lipinski definition) is 1. The first-order chi connectivity index (χ1) is 7.94. The highest BCUT2D eigenvalue weighted by Gasteiger charge is 2.49. The third-order valence-electron chi connectivity index (χ3n) is 3.07. The van der Waals surface area contributed by atoms with Crippen molar-refractivity contribution >= 4 is 0 Å². The van der Waals surface area contributed by atoms with Crippen molar-refractivity contribution in [1.29, 1.82) is 0 Å². The standard InChI is InChI=1S/C12H20O5/c1-7-5-8-10(17-12(2,3)16-8)11(9(7)13)15-6-14-4/h5,8-11,13H,6H2,1-4H3/t8-,9?,10-,11+/m0/s1. The van der Waals surface area contributed by atoms with Crippen molar-refractivity contribution in [3.63, 3.8) is 0 Å². The summed E-state index contributed by atoms with van der Waals surface area (Å²) in [4.78, 5) is 0. The number of aliphatic hydroxyl groups excluding tert-OH is 1. The van der Waals surface area contributed by atoms with Crippen LogP contribution in [0, 0.1) is 0 Å². The molecule has 5 heteroatoms. The molecule has 0 saturated carbocycles. The van der Waals surface area contributed by atoms with Gasteiger partial charge in [0.15, 0.2) is 5.79 Å². The molecule has 1 saturated heterocycles. The van der Waals surface area contributed by atoms with Crippen LogP contribution in [0.4, 0.5) is 0 Å². The van der Waals surface area contributed by atoms with E-state index >= 15 is 0 Å². The van der Waals surface area contributed by atoms with Crippen LogP contribution in [-0.4, -0.2) is 49.2 Å². The van der Waals surface area contributed by atoms with Gasteiger partial charge in [-0.25, -0.2) is 0 Å². The molecule has 1 heterocycles. The summed E-state index contributed by atoms with van der Waals surface area (Å²) in [5.41, 5.74) is 0.841. The van der Waals surface area contributed by atoms with Gasteiger partial charge in [0.05, 0.1) is 0 Å². The van der Waals surface area contributed by atoms with Gasteiger partial charge in [0, 0.05) is 7.11 Å². The summed E-state index contributed by atoms with van der Waals surface area (Å²) in [6.45, 7) is 5.70. The van der Waals surface area contributed by atoms with Crippen molar-refractivity contribution in [2.24, 2.45) is 0 Å². The number of hydrogen-bond acceptors (Lipinski definition) is 5. The fourth-order valence-electron chi connectivity index (χ4n) is 2.33. The molecule has 0 bridgehead atoms. The Morgan fingerprint density at radius 3 is 2.76 bits per heavy atom. The minimum atomic E-state index is -0.677. The molecule has 0 spiro atoms. The van der Waals surface area contributed by atoms with E-state index in [0.29, 0.717) is 0 Å². The molecule has 5 nitrogen and oxygen atoms in total. The number of ether oxygens (including phenoxy) is 4. The third kappa shape index (κ3) is 2.53. The van der Waals surface area contributed by atoms with Gasteiger partial charge in [-0.2, -0.15) is 0 Å². The molecule has 0 aromatic heterocycles. The average molecular weight is 244 g/mol. The van der Waals surface area contributed by atoms with Gasteiger partial charge in [-0.05, 0) is 26.3 Å². The normalized spacial score (nSPS) is 39.9. The van der Waals surface area contributed by atoms with E-state index in [9.17, 15) is 5.11 Å². The summed E-state index contributed by atoms with van der Waals surface area (Å²) in [5, 5.41) is 10.1. The molecule has 4 atom stereocenters. The summed E-state index contributed by atoms with van der Waals surface area (Å²) in [7, 11) is 1.55. The van der Waals surface area contributed by atoms with Gasteiger partial charge in [0.1, 0.15) is 31.2 Å². The predicted octanol–water partition coefficient (Wildman–Crippen LogP) is 0.816. The van der Waals surface area contributed by atoms with Crippen LogP contribution in [0.2, 0.25) is 0 Å². The van der Waals surface area contributed by atoms with Crippen LogP contribution in [0.5, 0.6) is 0 Å². The van der Waals surface area contributed by atoms with Crippen LogP contribution >= 0.6 is 0 Å². The van der Waals surface area contributed by atoms with E-state index in [4.69, 9.17) is 18.9 Å². The van der Waals surface area contributed by atoms with E-state index in [1.807, 2.05) is 26.8 Å². The number of rotatable bonds is 3. The highest BCUT2D eigenvalue weighted by molar-refractivity contribution is 5.20. The lowest BCUT2D eigenvalue weighted by Gasteiger charge is -2.33. The lowest BCUT2D eigenvalue weighted by atomic mass is 9.90. The minimum Gasteiger partial charge on any atom is -0.386 e. The Kier molecular flexibility index (Phi) is 3.56. The van der Waals surface area contributed by atoms with Crippen LogP contribution in [0.15, 0.2) is 11.6 Å². The summed E-state index contributed by atoms with van der Waals surface area (Å²) < 4.78 is 21.9. The Morgan fingerprint density at radius 1 is 1.41 bits per heavy atom. The molecule has 2 rings (SSSR count). The van der Waals surface area contributed by atoms with Gasteiger partial charge in [0.2, 0.25) is 0 Å². The van der Waals surface area contributed by atoms with E-state index in [-0.39, 0.29) is 19.0 Å². The molecule has 0 amide bonds. The second kappa shape index (κ2) is 4.66. The maximum absolute atomic E-state index is 10.1. The smallest absolute Gasteiger partial charge is 0.164 e. The van der Waals surface area contributed by atoms with Crippen LogP contribution < -0.4 is 0 Å². The van der Waals surface area contributed by atoms with Crippen LogP contribution in [0.25, 0.3) is 0 Å². The zero-order valence-electron chi connectivity index (χ0n) is 10.7. The van der Waals surface area contributed by atoms with Gasteiger partial charge >= 0.3 is 0 Å². The van der Waals surface area contributed by atoms with Crippen molar-refractivity contribution in [3.05, 3.63) is 11.6 Å². The van der Waals surface area contributed by atoms with Gasteiger partial charge in [-0.3, -0.25) is 0 Å². The summed E-state index contributed by atoms with van der Waals surface area (Å²) in [6, 6.07) is 0. The van der Waals surface area contributed by atoms with E-state index in [2.05, 4.69) is 0 Å². The lowest BCUT2D eigenvalue weighted by Crippen LogP contribution is -2.48. The third-order valence-corrected chi connectivity index (χ3v) is 3.07. The van der Waals surface area contributed by atoms with Crippen LogP contribution in [0.1, 0.15) is 20.8 Å². The zero-order chi connectivity index (χ0) is 12.6. The second-order valence-corrected chi connectivity index (χ2v) is 4.96. The quantitative estimate of drug-likeness (QED) is 0.588. The second-order valence-electron chi connectivity index (χ2n) is 4.96. The zero-order valence-corrected chi connectivity index (χ0v) is 10.7. The Bertz CT molecular complexity index is 312. The maximum Gasteiger partial charge on any atom is 0.164 e. The fraction of sp³-hybridized carbons (Fsp3) is 0.833. The molecule has 98 valence electrons. The molecule has 0 aromatic carbocycles. The Labute approximate surface area is 101 Å². The maximum atomic E-state index is 10.1. The Morgan fingerprint density at radius 2 is 2.12 bits per heavy atom. The molecule has 2 aliphatic rings. The van der Waals surface area contributed by atoms with Gasteiger partial charge in [0.25, 0.3) is 0 Å². The Hall–Kier alpha value is -0.460. The summed E-state index contributed by atoms with van der Waals surface area (Å²) >= 11 is 0. The molecule has 1 aliphatic heterocycles. The molecule has 0 aromatic rings. The van der Waals surface area contributed by atoms with Gasteiger partial charge in [-0.15, -0.1) is 0 Å². The first-order valence-electron chi connectivity index (χ1n) is 5.77. The molecule has 1 unspecified atom stereocenters. The Balaban J connectivity index is 2.17. The molecule has 1 N–H and O–H groups in total. The van der Waals surface area contributed by atoms with Gasteiger partial charge in [-0.1, -0.05) is 6.08 Å². The first kappa shape index (κ1) is 13.0. The topological polar surface area (TPSA) is 57.2 Å². The largest absolute Gasteiger partial charge is 0.386 e.